The Morgan fingerprint density at radius 2 is 1.82 bits per heavy atom. The number of ether oxygens (including phenoxy) is 1. The van der Waals surface area contributed by atoms with Crippen molar-refractivity contribution in [2.24, 2.45) is 0 Å². The predicted octanol–water partition coefficient (Wildman–Crippen LogP) is 2.59. The molecule has 0 aliphatic carbocycles. The summed E-state index contributed by atoms with van der Waals surface area (Å²) in [6.07, 6.45) is -3.32. The lowest BCUT2D eigenvalue weighted by molar-refractivity contribution is -0.192. The first kappa shape index (κ1) is 29.9. The molecule has 2 N–H and O–H groups in total. The van der Waals surface area contributed by atoms with Crippen molar-refractivity contribution < 1.29 is 41.0 Å². The molecular formula is C20H29ClF3N3O6S. The van der Waals surface area contributed by atoms with Crippen LogP contribution in [-0.2, 0) is 19.6 Å². The van der Waals surface area contributed by atoms with E-state index in [1.165, 1.54) is 23.5 Å². The zero-order chi connectivity index (χ0) is 25.9. The first-order valence-electron chi connectivity index (χ1n) is 10.5. The van der Waals surface area contributed by atoms with Gasteiger partial charge in [-0.2, -0.15) is 17.5 Å². The van der Waals surface area contributed by atoms with Crippen LogP contribution in [0, 0.1) is 0 Å². The number of hydrogen-bond acceptors (Lipinski definition) is 6. The van der Waals surface area contributed by atoms with Crippen LogP contribution in [0.5, 0.6) is 5.75 Å². The smallest absolute Gasteiger partial charge is 0.490 e. The molecule has 1 aromatic rings. The SMILES string of the molecule is CCCCN(CCC(=O)N1CCNCC1)S(=O)(=O)c1ccc(OC)c(Cl)c1.O=C(O)C(F)(F)F. The maximum absolute atomic E-state index is 13.1. The van der Waals surface area contributed by atoms with Crippen LogP contribution in [0.3, 0.4) is 0 Å². The topological polar surface area (TPSA) is 116 Å². The Morgan fingerprint density at radius 3 is 2.29 bits per heavy atom. The molecule has 0 spiro atoms. The maximum atomic E-state index is 13.1. The molecule has 9 nitrogen and oxygen atoms in total. The summed E-state index contributed by atoms with van der Waals surface area (Å²) in [5.41, 5.74) is 0. The van der Waals surface area contributed by atoms with Crippen molar-refractivity contribution >= 4 is 33.5 Å². The number of carbonyl (C=O) groups is 2. The summed E-state index contributed by atoms with van der Waals surface area (Å²) in [5.74, 6) is -2.35. The summed E-state index contributed by atoms with van der Waals surface area (Å²) >= 11 is 6.10. The number of rotatable bonds is 9. The molecule has 0 atom stereocenters. The number of unbranched alkanes of at least 4 members (excludes halogenated alkanes) is 1. The fourth-order valence-corrected chi connectivity index (χ4v) is 4.76. The third-order valence-corrected chi connectivity index (χ3v) is 7.00. The minimum atomic E-state index is -5.08. The molecule has 14 heteroatoms. The minimum Gasteiger partial charge on any atom is -0.495 e. The number of halogens is 4. The van der Waals surface area contributed by atoms with E-state index in [0.717, 1.165) is 25.9 Å². The molecule has 0 aromatic heterocycles. The molecule has 194 valence electrons. The monoisotopic (exact) mass is 531 g/mol. The largest absolute Gasteiger partial charge is 0.495 e. The van der Waals surface area contributed by atoms with Gasteiger partial charge >= 0.3 is 12.1 Å². The van der Waals surface area contributed by atoms with E-state index in [2.05, 4.69) is 5.32 Å². The first-order chi connectivity index (χ1) is 15.8. The van der Waals surface area contributed by atoms with Crippen molar-refractivity contribution in [3.05, 3.63) is 23.2 Å². The van der Waals surface area contributed by atoms with Gasteiger partial charge in [0, 0.05) is 45.7 Å². The van der Waals surface area contributed by atoms with Gasteiger partial charge in [0.2, 0.25) is 15.9 Å². The van der Waals surface area contributed by atoms with Crippen LogP contribution in [0.15, 0.2) is 23.1 Å². The van der Waals surface area contributed by atoms with E-state index >= 15 is 0 Å². The van der Waals surface area contributed by atoms with Gasteiger partial charge in [0.15, 0.2) is 0 Å². The van der Waals surface area contributed by atoms with E-state index < -0.39 is 22.2 Å². The molecule has 34 heavy (non-hydrogen) atoms. The summed E-state index contributed by atoms with van der Waals surface area (Å²) in [6, 6.07) is 4.42. The lowest BCUT2D eigenvalue weighted by Crippen LogP contribution is -2.47. The maximum Gasteiger partial charge on any atom is 0.490 e. The highest BCUT2D eigenvalue weighted by Crippen LogP contribution is 2.28. The Hall–Kier alpha value is -2.09. The molecule has 1 aromatic carbocycles. The number of sulfonamides is 1. The van der Waals surface area contributed by atoms with Gasteiger partial charge in [0.25, 0.3) is 0 Å². The molecule has 1 amide bonds. The lowest BCUT2D eigenvalue weighted by Gasteiger charge is -2.29. The van der Waals surface area contributed by atoms with Gasteiger partial charge in [-0.3, -0.25) is 4.79 Å². The number of piperazine rings is 1. The Kier molecular flexibility index (Phi) is 12.1. The number of carboxylic acid groups (broad SMARTS) is 1. The van der Waals surface area contributed by atoms with Crippen LogP contribution in [0.2, 0.25) is 5.02 Å². The number of benzene rings is 1. The molecule has 0 radical (unpaired) electrons. The molecule has 1 heterocycles. The second-order valence-corrected chi connectivity index (χ2v) is 9.58. The number of carbonyl (C=O) groups excluding carboxylic acids is 1. The van der Waals surface area contributed by atoms with Crippen molar-refractivity contribution in [3.8, 4) is 5.75 Å². The van der Waals surface area contributed by atoms with Gasteiger partial charge in [0.05, 0.1) is 17.0 Å². The molecule has 1 saturated heterocycles. The molecule has 0 unspecified atom stereocenters. The third kappa shape index (κ3) is 9.28. The van der Waals surface area contributed by atoms with Crippen LogP contribution in [0.4, 0.5) is 13.2 Å². The third-order valence-electron chi connectivity index (χ3n) is 4.81. The fraction of sp³-hybridized carbons (Fsp3) is 0.600. The van der Waals surface area contributed by atoms with Gasteiger partial charge in [0.1, 0.15) is 5.75 Å². The number of methoxy groups -OCH3 is 1. The first-order valence-corrected chi connectivity index (χ1v) is 12.3. The van der Waals surface area contributed by atoms with Gasteiger partial charge in [-0.05, 0) is 24.6 Å². The lowest BCUT2D eigenvalue weighted by atomic mass is 10.3. The molecule has 1 aliphatic rings. The van der Waals surface area contributed by atoms with Crippen LogP contribution in [0.1, 0.15) is 26.2 Å². The summed E-state index contributed by atoms with van der Waals surface area (Å²) in [5, 5.41) is 10.6. The quantitative estimate of drug-likeness (QED) is 0.503. The Balaban J connectivity index is 0.000000718. The summed E-state index contributed by atoms with van der Waals surface area (Å²) in [6.45, 7) is 5.40. The summed E-state index contributed by atoms with van der Waals surface area (Å²) in [7, 11) is -2.26. The molecular weight excluding hydrogens is 503 g/mol. The van der Waals surface area contributed by atoms with Gasteiger partial charge in [-0.25, -0.2) is 13.2 Å². The zero-order valence-electron chi connectivity index (χ0n) is 18.9. The average molecular weight is 532 g/mol. The van der Waals surface area contributed by atoms with E-state index in [1.54, 1.807) is 11.0 Å². The van der Waals surface area contributed by atoms with Crippen molar-refractivity contribution in [2.45, 2.75) is 37.3 Å². The number of carboxylic acids is 1. The Bertz CT molecular complexity index is 925. The molecule has 1 fully saturated rings. The highest BCUT2D eigenvalue weighted by atomic mass is 35.5. The van der Waals surface area contributed by atoms with E-state index in [4.69, 9.17) is 26.2 Å². The molecule has 0 saturated carbocycles. The average Bonchev–Trinajstić information content (AvgIpc) is 2.79. The number of amides is 1. The summed E-state index contributed by atoms with van der Waals surface area (Å²) in [4.78, 5) is 23.2. The van der Waals surface area contributed by atoms with Crippen LogP contribution in [-0.4, -0.2) is 87.2 Å². The normalized spacial score (nSPS) is 14.4. The number of alkyl halides is 3. The van der Waals surface area contributed by atoms with Crippen LogP contribution >= 0.6 is 11.6 Å². The van der Waals surface area contributed by atoms with Crippen LogP contribution in [0.25, 0.3) is 0 Å². The van der Waals surface area contributed by atoms with Crippen molar-refractivity contribution in [2.75, 3.05) is 46.4 Å². The minimum absolute atomic E-state index is 0.0130. The number of hydrogen-bond donors (Lipinski definition) is 2. The molecule has 1 aliphatic heterocycles. The second-order valence-electron chi connectivity index (χ2n) is 7.24. The van der Waals surface area contributed by atoms with E-state index in [9.17, 15) is 26.4 Å². The van der Waals surface area contributed by atoms with Crippen molar-refractivity contribution in [3.63, 3.8) is 0 Å². The zero-order valence-corrected chi connectivity index (χ0v) is 20.5. The number of nitrogens with zero attached hydrogens (tertiary/aromatic N) is 2. The Labute approximate surface area is 201 Å². The van der Waals surface area contributed by atoms with Crippen molar-refractivity contribution in [1.82, 2.24) is 14.5 Å². The molecule has 2 rings (SSSR count). The van der Waals surface area contributed by atoms with Gasteiger partial charge < -0.3 is 20.1 Å². The van der Waals surface area contributed by atoms with E-state index in [0.29, 0.717) is 25.4 Å². The van der Waals surface area contributed by atoms with E-state index in [1.807, 2.05) is 6.92 Å². The fourth-order valence-electron chi connectivity index (χ4n) is 2.94. The Morgan fingerprint density at radius 1 is 1.24 bits per heavy atom. The molecule has 0 bridgehead atoms. The number of nitrogens with one attached hydrogen (secondary N) is 1. The van der Waals surface area contributed by atoms with Crippen molar-refractivity contribution in [1.29, 1.82) is 0 Å². The highest BCUT2D eigenvalue weighted by molar-refractivity contribution is 7.89. The highest BCUT2D eigenvalue weighted by Gasteiger charge is 2.38. The van der Waals surface area contributed by atoms with Gasteiger partial charge in [-0.1, -0.05) is 24.9 Å². The summed E-state index contributed by atoms with van der Waals surface area (Å²) < 4.78 is 64.3. The van der Waals surface area contributed by atoms with Crippen LogP contribution < -0.4 is 10.1 Å². The van der Waals surface area contributed by atoms with E-state index in [-0.39, 0.29) is 28.8 Å². The second kappa shape index (κ2) is 13.7. The van der Waals surface area contributed by atoms with Gasteiger partial charge in [-0.15, -0.1) is 0 Å². The predicted molar refractivity (Wildman–Crippen MR) is 119 cm³/mol. The number of aliphatic carboxylic acids is 1. The standard InChI is InChI=1S/C18H28ClN3O4S.C2HF3O2/c1-3-4-10-22(11-7-18(23)21-12-8-20-9-13-21)27(24,25)15-5-6-17(26-2)16(19)14-15;3-2(4,5)1(6)7/h5-6,14,20H,3-4,7-13H2,1-2H3;(H,6,7).